The van der Waals surface area contributed by atoms with Crippen molar-refractivity contribution in [1.29, 1.82) is 0 Å². The molecule has 9 heteroatoms. The molecule has 0 saturated heterocycles. The number of hydrogen-bond donors (Lipinski definition) is 0. The van der Waals surface area contributed by atoms with Crippen molar-refractivity contribution in [2.24, 2.45) is 7.05 Å². The van der Waals surface area contributed by atoms with Gasteiger partial charge < -0.3 is 4.57 Å². The van der Waals surface area contributed by atoms with E-state index in [2.05, 4.69) is 0 Å². The standard InChI is InChI=1S/C17H14F3N3O3/c1-3-22-12-8-11(6-4-10(12)5-7-14(22)24)23-15(25)9-13(17(18,19)20)21(2)16(23)26/h4-9H,3H2,1-2H3. The number of alkyl halides is 3. The first-order chi connectivity index (χ1) is 12.1. The number of benzene rings is 1. The molecule has 0 N–H and O–H groups in total. The monoisotopic (exact) mass is 365 g/mol. The summed E-state index contributed by atoms with van der Waals surface area (Å²) in [6.45, 7) is 2.12. The minimum Gasteiger partial charge on any atom is -0.308 e. The van der Waals surface area contributed by atoms with Crippen LogP contribution in [0.3, 0.4) is 0 Å². The number of pyridine rings is 1. The number of aromatic nitrogens is 3. The molecular weight excluding hydrogens is 351 g/mol. The van der Waals surface area contributed by atoms with Crippen molar-refractivity contribution in [3.05, 3.63) is 73.3 Å². The van der Waals surface area contributed by atoms with E-state index in [0.29, 0.717) is 32.6 Å². The van der Waals surface area contributed by atoms with Crippen LogP contribution in [0.5, 0.6) is 0 Å². The predicted molar refractivity (Wildman–Crippen MR) is 89.7 cm³/mol. The Morgan fingerprint density at radius 1 is 0.962 bits per heavy atom. The topological polar surface area (TPSA) is 66.0 Å². The van der Waals surface area contributed by atoms with E-state index in [1.165, 1.54) is 22.8 Å². The second kappa shape index (κ2) is 6.01. The first-order valence-corrected chi connectivity index (χ1v) is 7.69. The molecular formula is C17H14F3N3O3. The third-order valence-corrected chi connectivity index (χ3v) is 4.16. The smallest absolute Gasteiger partial charge is 0.308 e. The van der Waals surface area contributed by atoms with Crippen molar-refractivity contribution < 1.29 is 13.2 Å². The van der Waals surface area contributed by atoms with Crippen LogP contribution in [0.4, 0.5) is 13.2 Å². The summed E-state index contributed by atoms with van der Waals surface area (Å²) in [6.07, 6.45) is -4.82. The molecule has 1 aromatic carbocycles. The second-order valence-corrected chi connectivity index (χ2v) is 5.70. The molecule has 0 aliphatic rings. The number of hydrogen-bond acceptors (Lipinski definition) is 3. The van der Waals surface area contributed by atoms with Gasteiger partial charge in [-0.2, -0.15) is 13.2 Å². The number of aryl methyl sites for hydroxylation is 1. The van der Waals surface area contributed by atoms with E-state index < -0.39 is 23.1 Å². The fourth-order valence-corrected chi connectivity index (χ4v) is 2.88. The summed E-state index contributed by atoms with van der Waals surface area (Å²) in [6, 6.07) is 7.86. The van der Waals surface area contributed by atoms with E-state index >= 15 is 0 Å². The van der Waals surface area contributed by atoms with Gasteiger partial charge in [-0.1, -0.05) is 6.07 Å². The molecule has 3 aromatic rings. The van der Waals surface area contributed by atoms with Gasteiger partial charge in [0.15, 0.2) is 0 Å². The van der Waals surface area contributed by atoms with Gasteiger partial charge in [-0.05, 0) is 30.5 Å². The van der Waals surface area contributed by atoms with E-state index in [1.54, 1.807) is 19.1 Å². The maximum Gasteiger partial charge on any atom is 0.431 e. The van der Waals surface area contributed by atoms with Gasteiger partial charge in [-0.25, -0.2) is 9.36 Å². The normalized spacial score (nSPS) is 11.9. The summed E-state index contributed by atoms with van der Waals surface area (Å²) in [4.78, 5) is 36.5. The molecule has 136 valence electrons. The van der Waals surface area contributed by atoms with Gasteiger partial charge in [0.2, 0.25) is 0 Å². The number of halogens is 3. The molecule has 0 aliphatic carbocycles. The van der Waals surface area contributed by atoms with Crippen molar-refractivity contribution in [1.82, 2.24) is 13.7 Å². The van der Waals surface area contributed by atoms with E-state index in [0.717, 1.165) is 7.05 Å². The van der Waals surface area contributed by atoms with Crippen LogP contribution < -0.4 is 16.8 Å². The molecule has 6 nitrogen and oxygen atoms in total. The molecule has 0 amide bonds. The SMILES string of the molecule is CCn1c(=O)ccc2ccc(-n3c(=O)cc(C(F)(F)F)n(C)c3=O)cc21. The lowest BCUT2D eigenvalue weighted by Gasteiger charge is -2.15. The number of fused-ring (bicyclic) bond motifs is 1. The van der Waals surface area contributed by atoms with Crippen molar-refractivity contribution in [2.45, 2.75) is 19.6 Å². The van der Waals surface area contributed by atoms with Crippen LogP contribution in [0.25, 0.3) is 16.6 Å². The minimum absolute atomic E-state index is 0.0876. The van der Waals surface area contributed by atoms with Crippen molar-refractivity contribution in [3.63, 3.8) is 0 Å². The Labute approximate surface area is 144 Å². The number of rotatable bonds is 2. The zero-order valence-corrected chi connectivity index (χ0v) is 13.9. The van der Waals surface area contributed by atoms with Crippen LogP contribution in [-0.4, -0.2) is 13.7 Å². The van der Waals surface area contributed by atoms with Crippen LogP contribution in [-0.2, 0) is 19.8 Å². The minimum atomic E-state index is -4.82. The molecule has 0 radical (unpaired) electrons. The van der Waals surface area contributed by atoms with Crippen molar-refractivity contribution in [2.75, 3.05) is 0 Å². The van der Waals surface area contributed by atoms with E-state index in [-0.39, 0.29) is 11.2 Å². The van der Waals surface area contributed by atoms with Gasteiger partial charge in [-0.15, -0.1) is 0 Å². The third-order valence-electron chi connectivity index (χ3n) is 4.16. The lowest BCUT2D eigenvalue weighted by atomic mass is 10.2. The van der Waals surface area contributed by atoms with E-state index in [1.807, 2.05) is 0 Å². The highest BCUT2D eigenvalue weighted by atomic mass is 19.4. The predicted octanol–water partition coefficient (Wildman–Crippen LogP) is 1.89. The van der Waals surface area contributed by atoms with Gasteiger partial charge in [0.1, 0.15) is 5.69 Å². The molecule has 0 fully saturated rings. The summed E-state index contributed by atoms with van der Waals surface area (Å²) >= 11 is 0. The van der Waals surface area contributed by atoms with Gasteiger partial charge in [0, 0.05) is 25.7 Å². The summed E-state index contributed by atoms with van der Waals surface area (Å²) in [7, 11) is 0.949. The van der Waals surface area contributed by atoms with Crippen LogP contribution in [0.1, 0.15) is 12.6 Å². The molecule has 2 aromatic heterocycles. The highest BCUT2D eigenvalue weighted by molar-refractivity contribution is 5.81. The van der Waals surface area contributed by atoms with Gasteiger partial charge in [0.05, 0.1) is 11.2 Å². The molecule has 3 rings (SSSR count). The highest BCUT2D eigenvalue weighted by Gasteiger charge is 2.35. The second-order valence-electron chi connectivity index (χ2n) is 5.70. The molecule has 0 unspecified atom stereocenters. The molecule has 0 aliphatic heterocycles. The quantitative estimate of drug-likeness (QED) is 0.697. The van der Waals surface area contributed by atoms with Crippen molar-refractivity contribution in [3.8, 4) is 5.69 Å². The molecule has 0 saturated carbocycles. The fourth-order valence-electron chi connectivity index (χ4n) is 2.88. The van der Waals surface area contributed by atoms with Crippen LogP contribution >= 0.6 is 0 Å². The maximum absolute atomic E-state index is 12.9. The Balaban J connectivity index is 2.35. The molecule has 0 atom stereocenters. The summed E-state index contributed by atoms with van der Waals surface area (Å²) in [5, 5.41) is 0.701. The van der Waals surface area contributed by atoms with E-state index in [9.17, 15) is 27.6 Å². The molecule has 26 heavy (non-hydrogen) atoms. The maximum atomic E-state index is 12.9. The Bertz CT molecular complexity index is 1190. The zero-order valence-electron chi connectivity index (χ0n) is 13.9. The lowest BCUT2D eigenvalue weighted by molar-refractivity contribution is -0.144. The summed E-state index contributed by atoms with van der Waals surface area (Å²) < 4.78 is 41.3. The third kappa shape index (κ3) is 2.75. The largest absolute Gasteiger partial charge is 0.431 e. The highest BCUT2D eigenvalue weighted by Crippen LogP contribution is 2.27. The van der Waals surface area contributed by atoms with Gasteiger partial charge in [-0.3, -0.25) is 14.2 Å². The zero-order chi connectivity index (χ0) is 19.2. The summed E-state index contributed by atoms with van der Waals surface area (Å²) in [5.41, 5.74) is -3.23. The average molecular weight is 365 g/mol. The Hall–Kier alpha value is -3.10. The summed E-state index contributed by atoms with van der Waals surface area (Å²) in [5.74, 6) is 0. The average Bonchev–Trinajstić information content (AvgIpc) is 2.57. The van der Waals surface area contributed by atoms with Crippen LogP contribution in [0.15, 0.2) is 50.8 Å². The van der Waals surface area contributed by atoms with Gasteiger partial charge in [0.25, 0.3) is 11.1 Å². The van der Waals surface area contributed by atoms with Gasteiger partial charge >= 0.3 is 11.9 Å². The van der Waals surface area contributed by atoms with Crippen molar-refractivity contribution >= 4 is 10.9 Å². The van der Waals surface area contributed by atoms with Crippen LogP contribution in [0, 0.1) is 0 Å². The van der Waals surface area contributed by atoms with Crippen LogP contribution in [0.2, 0.25) is 0 Å². The first-order valence-electron chi connectivity index (χ1n) is 7.69. The first kappa shape index (κ1) is 17.7. The lowest BCUT2D eigenvalue weighted by Crippen LogP contribution is -2.40. The fraction of sp³-hybridized carbons (Fsp3) is 0.235. The number of nitrogens with zero attached hydrogens (tertiary/aromatic N) is 3. The Morgan fingerprint density at radius 2 is 1.62 bits per heavy atom. The molecule has 2 heterocycles. The Morgan fingerprint density at radius 3 is 2.23 bits per heavy atom. The molecule has 0 spiro atoms. The van der Waals surface area contributed by atoms with E-state index in [4.69, 9.17) is 0 Å². The Kier molecular flexibility index (Phi) is 4.09. The molecule has 0 bridgehead atoms.